The summed E-state index contributed by atoms with van der Waals surface area (Å²) < 4.78 is 49.7. The fourth-order valence-electron chi connectivity index (χ4n) is 11.1. The summed E-state index contributed by atoms with van der Waals surface area (Å²) in [6, 6.07) is 70.0. The van der Waals surface area contributed by atoms with E-state index in [9.17, 15) is 10.5 Å². The van der Waals surface area contributed by atoms with Crippen molar-refractivity contribution in [3.63, 3.8) is 0 Å². The van der Waals surface area contributed by atoms with Gasteiger partial charge in [0.2, 0.25) is 0 Å². The third-order valence-electron chi connectivity index (χ3n) is 14.7. The first-order valence-corrected chi connectivity index (χ1v) is 24.5. The molecule has 0 aliphatic rings. The monoisotopic (exact) mass is 962 g/mol. The highest BCUT2D eigenvalue weighted by Crippen LogP contribution is 2.47. The van der Waals surface area contributed by atoms with Gasteiger partial charge in [-0.15, -0.1) is 0 Å². The van der Waals surface area contributed by atoms with Crippen LogP contribution in [0.2, 0.25) is 0 Å². The van der Waals surface area contributed by atoms with Gasteiger partial charge in [0.25, 0.3) is 0 Å². The second-order valence-electron chi connectivity index (χ2n) is 19.3. The van der Waals surface area contributed by atoms with E-state index in [2.05, 4.69) is 164 Å². The molecule has 10 aromatic carbocycles. The lowest BCUT2D eigenvalue weighted by atomic mass is 9.94. The minimum Gasteiger partial charge on any atom is -0.308 e. The van der Waals surface area contributed by atoms with Crippen molar-refractivity contribution in [2.24, 2.45) is 0 Å². The van der Waals surface area contributed by atoms with Crippen molar-refractivity contribution in [3.8, 4) is 79.1 Å². The summed E-state index contributed by atoms with van der Waals surface area (Å²) in [6.07, 6.45) is -4.77. The van der Waals surface area contributed by atoms with E-state index in [1.54, 1.807) is 12.1 Å². The molecule has 0 aliphatic carbocycles. The van der Waals surface area contributed by atoms with Gasteiger partial charge in [-0.1, -0.05) is 121 Å². The van der Waals surface area contributed by atoms with Crippen LogP contribution in [-0.4, -0.2) is 9.13 Å². The van der Waals surface area contributed by atoms with Crippen molar-refractivity contribution >= 4 is 43.6 Å². The molecule has 0 amide bonds. The molecule has 4 nitrogen and oxygen atoms in total. The maximum atomic E-state index is 15.2. The Hall–Kier alpha value is -9.43. The number of benzene rings is 10. The number of hydrogen-bond donors (Lipinski definition) is 0. The summed E-state index contributed by atoms with van der Waals surface area (Å²) in [5.41, 5.74) is 16.8. The molecule has 7 heteroatoms. The van der Waals surface area contributed by atoms with Crippen molar-refractivity contribution in [3.05, 3.63) is 239 Å². The van der Waals surface area contributed by atoms with Gasteiger partial charge in [0, 0.05) is 27.1 Å². The van der Waals surface area contributed by atoms with Crippen LogP contribution >= 0.6 is 0 Å². The van der Waals surface area contributed by atoms with Crippen LogP contribution in [0.25, 0.3) is 111 Å². The predicted molar refractivity (Wildman–Crippen MR) is 296 cm³/mol. The maximum Gasteiger partial charge on any atom is 0.416 e. The van der Waals surface area contributed by atoms with E-state index in [0.717, 1.165) is 123 Å². The van der Waals surface area contributed by atoms with Gasteiger partial charge in [0.15, 0.2) is 0 Å². The maximum absolute atomic E-state index is 15.2. The van der Waals surface area contributed by atoms with Crippen LogP contribution in [0.3, 0.4) is 0 Å². The van der Waals surface area contributed by atoms with Crippen LogP contribution in [0.5, 0.6) is 0 Å². The van der Waals surface area contributed by atoms with E-state index < -0.39 is 11.7 Å². The van der Waals surface area contributed by atoms with E-state index in [1.165, 1.54) is 6.07 Å². The lowest BCUT2D eigenvalue weighted by Gasteiger charge is -2.22. The molecule has 0 bridgehead atoms. The molecular weight excluding hydrogens is 918 g/mol. The first kappa shape index (κ1) is 45.7. The van der Waals surface area contributed by atoms with E-state index in [0.29, 0.717) is 22.5 Å². The topological polar surface area (TPSA) is 57.4 Å². The summed E-state index contributed by atoms with van der Waals surface area (Å²) in [5.74, 6) is 0. The van der Waals surface area contributed by atoms with Crippen molar-refractivity contribution in [2.75, 3.05) is 0 Å². The molecule has 0 saturated carbocycles. The first-order chi connectivity index (χ1) is 35.9. The molecule has 0 radical (unpaired) electrons. The van der Waals surface area contributed by atoms with Gasteiger partial charge in [0.1, 0.15) is 0 Å². The van der Waals surface area contributed by atoms with E-state index in [-0.39, 0.29) is 11.1 Å². The molecule has 74 heavy (non-hydrogen) atoms. The molecule has 12 rings (SSSR count). The Labute approximate surface area is 426 Å². The summed E-state index contributed by atoms with van der Waals surface area (Å²) in [6.45, 7) is 8.36. The summed E-state index contributed by atoms with van der Waals surface area (Å²) in [5, 5.41) is 25.3. The molecule has 0 saturated heterocycles. The lowest BCUT2D eigenvalue weighted by molar-refractivity contribution is -0.137. The SMILES string of the molecule is Cc1ccccc1-c1ccc2c(c1)c1cc(-c3ccccc3C)ccc1n2-c1cc(C#N)cc(-n2c3ccc(-c4ccccc4C)cc3c3cc(-c4ccccc4C)ccc32)c1-c1cc(C#N)cc(C(F)(F)F)c1. The van der Waals surface area contributed by atoms with Gasteiger partial charge < -0.3 is 9.13 Å². The van der Waals surface area contributed by atoms with Crippen molar-refractivity contribution in [1.82, 2.24) is 9.13 Å². The van der Waals surface area contributed by atoms with Crippen LogP contribution in [0.15, 0.2) is 200 Å². The number of aryl methyl sites for hydroxylation is 4. The Kier molecular flexibility index (Phi) is 10.9. The smallest absolute Gasteiger partial charge is 0.308 e. The van der Waals surface area contributed by atoms with Gasteiger partial charge in [-0.25, -0.2) is 0 Å². The summed E-state index contributed by atoms with van der Waals surface area (Å²) >= 11 is 0. The van der Waals surface area contributed by atoms with Crippen molar-refractivity contribution < 1.29 is 13.2 Å². The van der Waals surface area contributed by atoms with Gasteiger partial charge >= 0.3 is 6.18 Å². The van der Waals surface area contributed by atoms with Crippen LogP contribution in [0.4, 0.5) is 13.2 Å². The Morgan fingerprint density at radius 1 is 0.351 bits per heavy atom. The van der Waals surface area contributed by atoms with E-state index in [4.69, 9.17) is 0 Å². The van der Waals surface area contributed by atoms with E-state index >= 15 is 13.2 Å². The third-order valence-corrected chi connectivity index (χ3v) is 14.7. The molecule has 2 heterocycles. The molecule has 0 fully saturated rings. The minimum atomic E-state index is -4.77. The Balaban J connectivity index is 1.24. The molecule has 0 aliphatic heterocycles. The molecule has 354 valence electrons. The van der Waals surface area contributed by atoms with Gasteiger partial charge in [-0.2, -0.15) is 23.7 Å². The average Bonchev–Trinajstić information content (AvgIpc) is 3.95. The lowest BCUT2D eigenvalue weighted by Crippen LogP contribution is -2.08. The van der Waals surface area contributed by atoms with E-state index in [1.807, 2.05) is 54.6 Å². The molecular formula is C67H45F3N4. The normalized spacial score (nSPS) is 11.7. The first-order valence-electron chi connectivity index (χ1n) is 24.5. The number of hydrogen-bond acceptors (Lipinski definition) is 2. The number of rotatable bonds is 7. The zero-order valence-corrected chi connectivity index (χ0v) is 41.0. The zero-order chi connectivity index (χ0) is 51.0. The standard InChI is InChI=1S/C67H45F3N4/c1-40-13-5-9-17-52(40)46-21-25-60-56(34-46)57-35-47(53-18-10-6-14-41(53)2)22-26-61(57)73(60)64-31-45(39-72)32-65(66(64)50-29-44(38-71)30-51(33-50)67(68,69)70)74-62-27-23-48(54-19-11-7-15-42(54)3)36-58(62)59-37-49(24-28-63(59)74)55-20-12-8-16-43(55)4/h5-37H,1-4H3. The minimum absolute atomic E-state index is 0.142. The molecule has 0 N–H and O–H groups in total. The Morgan fingerprint density at radius 2 is 0.662 bits per heavy atom. The molecule has 0 unspecified atom stereocenters. The van der Waals surface area contributed by atoms with Crippen LogP contribution in [-0.2, 0) is 6.18 Å². The number of nitrogens with zero attached hydrogens (tertiary/aromatic N) is 4. The second-order valence-corrected chi connectivity index (χ2v) is 19.3. The Morgan fingerprint density at radius 3 is 0.959 bits per heavy atom. The molecule has 12 aromatic rings. The largest absolute Gasteiger partial charge is 0.416 e. The number of aromatic nitrogens is 2. The van der Waals surface area contributed by atoms with Gasteiger partial charge in [0.05, 0.1) is 62.3 Å². The number of nitriles is 2. The van der Waals surface area contributed by atoms with Crippen molar-refractivity contribution in [2.45, 2.75) is 33.9 Å². The summed E-state index contributed by atoms with van der Waals surface area (Å²) in [4.78, 5) is 0. The highest BCUT2D eigenvalue weighted by molar-refractivity contribution is 6.14. The molecule has 0 spiro atoms. The highest BCUT2D eigenvalue weighted by atomic mass is 19.4. The van der Waals surface area contributed by atoms with Crippen LogP contribution in [0, 0.1) is 50.4 Å². The molecule has 2 aromatic heterocycles. The van der Waals surface area contributed by atoms with Gasteiger partial charge in [-0.3, -0.25) is 0 Å². The average molecular weight is 963 g/mol. The van der Waals surface area contributed by atoms with Crippen LogP contribution < -0.4 is 0 Å². The predicted octanol–water partition coefficient (Wildman–Crippen LogP) is 18.2. The fourth-order valence-corrected chi connectivity index (χ4v) is 11.1. The number of fused-ring (bicyclic) bond motifs is 6. The third kappa shape index (κ3) is 7.61. The Bertz CT molecular complexity index is 3940. The quantitative estimate of drug-likeness (QED) is 0.160. The zero-order valence-electron chi connectivity index (χ0n) is 41.0. The van der Waals surface area contributed by atoms with Gasteiger partial charge in [-0.05, 0) is 179 Å². The fraction of sp³-hybridized carbons (Fsp3) is 0.0746. The highest BCUT2D eigenvalue weighted by Gasteiger charge is 2.33. The number of alkyl halides is 3. The van der Waals surface area contributed by atoms with Crippen LogP contribution in [0.1, 0.15) is 38.9 Å². The number of halogens is 3. The van der Waals surface area contributed by atoms with Crippen molar-refractivity contribution in [1.29, 1.82) is 10.5 Å². The summed E-state index contributed by atoms with van der Waals surface area (Å²) in [7, 11) is 0. The molecule has 0 atom stereocenters. The second kappa shape index (κ2) is 17.7.